The number of anilines is 1. The zero-order valence-corrected chi connectivity index (χ0v) is 9.78. The van der Waals surface area contributed by atoms with E-state index in [1.54, 1.807) is 6.07 Å². The molecule has 3 N–H and O–H groups in total. The van der Waals surface area contributed by atoms with Crippen molar-refractivity contribution in [2.75, 3.05) is 31.7 Å². The maximum absolute atomic E-state index is 10.8. The second-order valence-corrected chi connectivity index (χ2v) is 3.50. The Balaban J connectivity index is 2.49. The number of aromatic carboxylic acids is 1. The van der Waals surface area contributed by atoms with E-state index >= 15 is 0 Å². The predicted molar refractivity (Wildman–Crippen MR) is 62.6 cm³/mol. The SMILES string of the molecule is O=C(O)c1nc(NCCOCCO)ccc1Cl. The Morgan fingerprint density at radius 1 is 1.47 bits per heavy atom. The molecule has 94 valence electrons. The minimum Gasteiger partial charge on any atom is -0.476 e. The van der Waals surface area contributed by atoms with Gasteiger partial charge in [0.15, 0.2) is 5.69 Å². The van der Waals surface area contributed by atoms with Crippen molar-refractivity contribution in [1.29, 1.82) is 0 Å². The van der Waals surface area contributed by atoms with Crippen LogP contribution in [0, 0.1) is 0 Å². The number of hydrogen-bond acceptors (Lipinski definition) is 5. The average Bonchev–Trinajstić information content (AvgIpc) is 2.30. The summed E-state index contributed by atoms with van der Waals surface area (Å²) in [5.74, 6) is -0.755. The minimum absolute atomic E-state index is 0.0254. The number of aromatic nitrogens is 1. The van der Waals surface area contributed by atoms with E-state index in [-0.39, 0.29) is 23.9 Å². The van der Waals surface area contributed by atoms with Gasteiger partial charge in [-0.1, -0.05) is 11.6 Å². The first-order chi connectivity index (χ1) is 8.15. The molecular formula is C10H13ClN2O4. The normalized spacial score (nSPS) is 10.2. The topological polar surface area (TPSA) is 91.7 Å². The zero-order valence-electron chi connectivity index (χ0n) is 9.02. The van der Waals surface area contributed by atoms with Crippen LogP contribution in [0.15, 0.2) is 12.1 Å². The van der Waals surface area contributed by atoms with Crippen molar-refractivity contribution in [3.8, 4) is 0 Å². The van der Waals surface area contributed by atoms with Gasteiger partial charge in [-0.2, -0.15) is 0 Å². The first-order valence-electron chi connectivity index (χ1n) is 4.97. The van der Waals surface area contributed by atoms with E-state index in [1.165, 1.54) is 6.07 Å². The second-order valence-electron chi connectivity index (χ2n) is 3.09. The fourth-order valence-corrected chi connectivity index (χ4v) is 1.29. The van der Waals surface area contributed by atoms with Crippen LogP contribution in [0.1, 0.15) is 10.5 Å². The number of aliphatic hydroxyl groups is 1. The van der Waals surface area contributed by atoms with E-state index in [2.05, 4.69) is 10.3 Å². The molecule has 1 aromatic rings. The van der Waals surface area contributed by atoms with Crippen LogP contribution in [0.25, 0.3) is 0 Å². The molecule has 0 aromatic carbocycles. The van der Waals surface area contributed by atoms with E-state index in [0.29, 0.717) is 19.0 Å². The molecule has 0 saturated heterocycles. The number of ether oxygens (including phenoxy) is 1. The van der Waals surface area contributed by atoms with Gasteiger partial charge in [0, 0.05) is 6.54 Å². The molecule has 0 aliphatic carbocycles. The van der Waals surface area contributed by atoms with E-state index in [9.17, 15) is 4.79 Å². The maximum atomic E-state index is 10.8. The Bertz CT molecular complexity index is 387. The van der Waals surface area contributed by atoms with Crippen molar-refractivity contribution in [2.45, 2.75) is 0 Å². The highest BCUT2D eigenvalue weighted by atomic mass is 35.5. The number of rotatable bonds is 7. The molecule has 0 amide bonds. The molecule has 1 rings (SSSR count). The number of carboxylic acid groups (broad SMARTS) is 1. The summed E-state index contributed by atoms with van der Waals surface area (Å²) in [6, 6.07) is 3.05. The molecule has 0 radical (unpaired) electrons. The molecule has 0 spiro atoms. The Kier molecular flexibility index (Phi) is 5.68. The fraction of sp³-hybridized carbons (Fsp3) is 0.400. The van der Waals surface area contributed by atoms with Crippen molar-refractivity contribution >= 4 is 23.4 Å². The Morgan fingerprint density at radius 2 is 2.24 bits per heavy atom. The summed E-state index contributed by atoms with van der Waals surface area (Å²) in [6.45, 7) is 1.11. The van der Waals surface area contributed by atoms with Crippen LogP contribution in [0.2, 0.25) is 5.02 Å². The summed E-state index contributed by atoms with van der Waals surface area (Å²) in [6.07, 6.45) is 0. The van der Waals surface area contributed by atoms with Gasteiger partial charge in [0.25, 0.3) is 0 Å². The summed E-state index contributed by atoms with van der Waals surface area (Å²) < 4.78 is 5.02. The molecule has 1 aromatic heterocycles. The number of nitrogens with zero attached hydrogens (tertiary/aromatic N) is 1. The predicted octanol–water partition coefficient (Wildman–Crippen LogP) is 0.854. The molecule has 0 fully saturated rings. The minimum atomic E-state index is -1.17. The van der Waals surface area contributed by atoms with Gasteiger partial charge in [0.05, 0.1) is 24.8 Å². The Labute approximate surface area is 103 Å². The molecule has 0 unspecified atom stereocenters. The van der Waals surface area contributed by atoms with Crippen LogP contribution in [0.4, 0.5) is 5.82 Å². The third-order valence-corrected chi connectivity index (χ3v) is 2.14. The first-order valence-corrected chi connectivity index (χ1v) is 5.35. The first kappa shape index (κ1) is 13.7. The zero-order chi connectivity index (χ0) is 12.7. The summed E-state index contributed by atoms with van der Waals surface area (Å²) in [5.41, 5.74) is -0.187. The van der Waals surface area contributed by atoms with Crippen LogP contribution >= 0.6 is 11.6 Å². The van der Waals surface area contributed by atoms with Gasteiger partial charge in [-0.05, 0) is 12.1 Å². The molecule has 0 bridgehead atoms. The van der Waals surface area contributed by atoms with Crippen molar-refractivity contribution in [1.82, 2.24) is 4.98 Å². The van der Waals surface area contributed by atoms with E-state index in [1.807, 2.05) is 0 Å². The van der Waals surface area contributed by atoms with E-state index in [0.717, 1.165) is 0 Å². The van der Waals surface area contributed by atoms with Crippen molar-refractivity contribution < 1.29 is 19.7 Å². The summed E-state index contributed by atoms with van der Waals surface area (Å²) in [5, 5.41) is 20.3. The number of pyridine rings is 1. The molecule has 0 aliphatic rings. The molecule has 6 nitrogen and oxygen atoms in total. The van der Waals surface area contributed by atoms with Gasteiger partial charge in [-0.3, -0.25) is 0 Å². The lowest BCUT2D eigenvalue weighted by atomic mass is 10.3. The van der Waals surface area contributed by atoms with Crippen molar-refractivity contribution in [3.63, 3.8) is 0 Å². The monoisotopic (exact) mass is 260 g/mol. The van der Waals surface area contributed by atoms with Gasteiger partial charge >= 0.3 is 5.97 Å². The van der Waals surface area contributed by atoms with Crippen molar-refractivity contribution in [2.24, 2.45) is 0 Å². The third kappa shape index (κ3) is 4.56. The second kappa shape index (κ2) is 7.05. The molecular weight excluding hydrogens is 248 g/mol. The molecule has 0 atom stereocenters. The molecule has 0 aliphatic heterocycles. The molecule has 0 saturated carbocycles. The summed E-state index contributed by atoms with van der Waals surface area (Å²) in [7, 11) is 0. The lowest BCUT2D eigenvalue weighted by Gasteiger charge is -2.07. The average molecular weight is 261 g/mol. The van der Waals surface area contributed by atoms with Crippen LogP contribution < -0.4 is 5.32 Å². The Morgan fingerprint density at radius 3 is 2.88 bits per heavy atom. The maximum Gasteiger partial charge on any atom is 0.356 e. The highest BCUT2D eigenvalue weighted by Crippen LogP contribution is 2.16. The molecule has 17 heavy (non-hydrogen) atoms. The lowest BCUT2D eigenvalue weighted by Crippen LogP contribution is -2.13. The third-order valence-electron chi connectivity index (χ3n) is 1.84. The van der Waals surface area contributed by atoms with Gasteiger partial charge in [0.1, 0.15) is 5.82 Å². The number of hydrogen-bond donors (Lipinski definition) is 3. The van der Waals surface area contributed by atoms with Crippen molar-refractivity contribution in [3.05, 3.63) is 22.8 Å². The quantitative estimate of drug-likeness (QED) is 0.630. The van der Waals surface area contributed by atoms with E-state index < -0.39 is 5.97 Å². The molecule has 1 heterocycles. The Hall–Kier alpha value is -1.37. The highest BCUT2D eigenvalue weighted by Gasteiger charge is 2.10. The van der Waals surface area contributed by atoms with Crippen LogP contribution in [-0.2, 0) is 4.74 Å². The number of nitrogens with one attached hydrogen (secondary N) is 1. The lowest BCUT2D eigenvalue weighted by molar-refractivity contribution is 0.0691. The summed E-state index contributed by atoms with van der Waals surface area (Å²) >= 11 is 5.67. The van der Waals surface area contributed by atoms with Gasteiger partial charge in [-0.15, -0.1) is 0 Å². The summed E-state index contributed by atoms with van der Waals surface area (Å²) in [4.78, 5) is 14.6. The van der Waals surface area contributed by atoms with Gasteiger partial charge < -0.3 is 20.3 Å². The fourth-order valence-electron chi connectivity index (χ4n) is 1.11. The molecule has 7 heteroatoms. The smallest absolute Gasteiger partial charge is 0.356 e. The van der Waals surface area contributed by atoms with Crippen LogP contribution in [0.5, 0.6) is 0 Å². The van der Waals surface area contributed by atoms with Crippen LogP contribution in [-0.4, -0.2) is 47.5 Å². The van der Waals surface area contributed by atoms with Gasteiger partial charge in [-0.25, -0.2) is 9.78 Å². The highest BCUT2D eigenvalue weighted by molar-refractivity contribution is 6.33. The van der Waals surface area contributed by atoms with E-state index in [4.69, 9.17) is 26.6 Å². The number of halogens is 1. The van der Waals surface area contributed by atoms with Crippen LogP contribution in [0.3, 0.4) is 0 Å². The standard InChI is InChI=1S/C10H13ClN2O4/c11-7-1-2-8(13-9(7)10(15)16)12-3-5-17-6-4-14/h1-2,14H,3-6H2,(H,12,13)(H,15,16). The number of carboxylic acids is 1. The number of aliphatic hydroxyl groups excluding tert-OH is 1. The van der Waals surface area contributed by atoms with Gasteiger partial charge in [0.2, 0.25) is 0 Å². The number of carbonyl (C=O) groups is 1. The largest absolute Gasteiger partial charge is 0.476 e.